The summed E-state index contributed by atoms with van der Waals surface area (Å²) in [5, 5.41) is 3.19. The van der Waals surface area contributed by atoms with Gasteiger partial charge in [0.25, 0.3) is 0 Å². The van der Waals surface area contributed by atoms with E-state index in [2.05, 4.69) is 10.2 Å². The van der Waals surface area contributed by atoms with Crippen LogP contribution in [-0.2, 0) is 4.79 Å². The molecule has 0 aromatic rings. The molecule has 1 aliphatic heterocycles. The van der Waals surface area contributed by atoms with Crippen LogP contribution in [0.25, 0.3) is 0 Å². The van der Waals surface area contributed by atoms with E-state index in [-0.39, 0.29) is 11.9 Å². The average Bonchev–Trinajstić information content (AvgIpc) is 2.87. The first-order chi connectivity index (χ1) is 5.79. The second-order valence-electron chi connectivity index (χ2n) is 3.59. The molecule has 0 spiro atoms. The molecule has 2 rings (SSSR count). The number of hydrogen-bond acceptors (Lipinski definition) is 3. The minimum absolute atomic E-state index is 0.0637. The zero-order valence-corrected chi connectivity index (χ0v) is 7.12. The van der Waals surface area contributed by atoms with E-state index in [0.29, 0.717) is 6.04 Å². The molecule has 2 fully saturated rings. The predicted molar refractivity (Wildman–Crippen MR) is 45.6 cm³/mol. The summed E-state index contributed by atoms with van der Waals surface area (Å²) in [6, 6.07) is 0.579. The van der Waals surface area contributed by atoms with E-state index in [0.717, 1.165) is 19.6 Å². The monoisotopic (exact) mass is 169 g/mol. The number of nitrogens with one attached hydrogen (secondary N) is 1. The van der Waals surface area contributed by atoms with Gasteiger partial charge in [0, 0.05) is 25.7 Å². The van der Waals surface area contributed by atoms with Gasteiger partial charge in [0.15, 0.2) is 0 Å². The summed E-state index contributed by atoms with van der Waals surface area (Å²) < 4.78 is 0. The zero-order chi connectivity index (χ0) is 8.55. The van der Waals surface area contributed by atoms with Gasteiger partial charge in [-0.05, 0) is 12.8 Å². The highest BCUT2D eigenvalue weighted by molar-refractivity contribution is 5.80. The maximum atomic E-state index is 11.0. The third kappa shape index (κ3) is 1.44. The Morgan fingerprint density at radius 2 is 2.25 bits per heavy atom. The number of piperazine rings is 1. The van der Waals surface area contributed by atoms with Crippen molar-refractivity contribution in [2.24, 2.45) is 5.73 Å². The topological polar surface area (TPSA) is 58.4 Å². The van der Waals surface area contributed by atoms with Crippen LogP contribution < -0.4 is 11.1 Å². The van der Waals surface area contributed by atoms with E-state index >= 15 is 0 Å². The second kappa shape index (κ2) is 3.03. The van der Waals surface area contributed by atoms with Gasteiger partial charge in [-0.15, -0.1) is 0 Å². The molecular formula is C8H15N3O. The number of rotatable bonds is 2. The van der Waals surface area contributed by atoms with E-state index in [1.54, 1.807) is 0 Å². The van der Waals surface area contributed by atoms with E-state index < -0.39 is 0 Å². The van der Waals surface area contributed by atoms with Crippen molar-refractivity contribution in [2.45, 2.75) is 24.9 Å². The Bertz CT molecular complexity index is 191. The van der Waals surface area contributed by atoms with Gasteiger partial charge in [0.1, 0.15) is 6.04 Å². The van der Waals surface area contributed by atoms with Crippen molar-refractivity contribution in [1.29, 1.82) is 0 Å². The normalized spacial score (nSPS) is 31.8. The van der Waals surface area contributed by atoms with Gasteiger partial charge in [-0.2, -0.15) is 0 Å². The van der Waals surface area contributed by atoms with Crippen molar-refractivity contribution in [3.63, 3.8) is 0 Å². The molecule has 12 heavy (non-hydrogen) atoms. The Hall–Kier alpha value is -0.610. The van der Waals surface area contributed by atoms with E-state index in [1.165, 1.54) is 12.8 Å². The summed E-state index contributed by atoms with van der Waals surface area (Å²) in [6.07, 6.45) is 2.48. The van der Waals surface area contributed by atoms with Gasteiger partial charge in [-0.25, -0.2) is 0 Å². The highest BCUT2D eigenvalue weighted by Crippen LogP contribution is 2.28. The predicted octanol–water partition coefficient (Wildman–Crippen LogP) is -1.09. The number of carbonyl (C=O) groups is 1. The molecule has 68 valence electrons. The van der Waals surface area contributed by atoms with Crippen molar-refractivity contribution < 1.29 is 4.79 Å². The molecule has 0 aromatic heterocycles. The molecule has 0 radical (unpaired) electrons. The van der Waals surface area contributed by atoms with Crippen LogP contribution in [0.5, 0.6) is 0 Å². The highest BCUT2D eigenvalue weighted by atomic mass is 16.1. The fourth-order valence-corrected chi connectivity index (χ4v) is 1.83. The lowest BCUT2D eigenvalue weighted by atomic mass is 10.2. The molecule has 1 amide bonds. The first-order valence-electron chi connectivity index (χ1n) is 4.55. The molecule has 1 saturated heterocycles. The molecule has 4 nitrogen and oxygen atoms in total. The van der Waals surface area contributed by atoms with Gasteiger partial charge >= 0.3 is 0 Å². The third-order valence-corrected chi connectivity index (χ3v) is 2.63. The fourth-order valence-electron chi connectivity index (χ4n) is 1.83. The molecule has 2 aliphatic rings. The van der Waals surface area contributed by atoms with Crippen LogP contribution in [-0.4, -0.2) is 42.5 Å². The lowest BCUT2D eigenvalue weighted by Gasteiger charge is -2.34. The highest BCUT2D eigenvalue weighted by Gasteiger charge is 2.37. The third-order valence-electron chi connectivity index (χ3n) is 2.63. The zero-order valence-electron chi connectivity index (χ0n) is 7.12. The number of amides is 1. The van der Waals surface area contributed by atoms with Crippen LogP contribution >= 0.6 is 0 Å². The summed E-state index contributed by atoms with van der Waals surface area (Å²) in [5.41, 5.74) is 5.30. The molecule has 1 atom stereocenters. The number of nitrogens with zero attached hydrogens (tertiary/aromatic N) is 1. The van der Waals surface area contributed by atoms with Crippen LogP contribution in [0.2, 0.25) is 0 Å². The van der Waals surface area contributed by atoms with E-state index in [9.17, 15) is 4.79 Å². The lowest BCUT2D eigenvalue weighted by Crippen LogP contribution is -2.57. The second-order valence-corrected chi connectivity index (χ2v) is 3.59. The maximum absolute atomic E-state index is 11.0. The number of primary amides is 1. The van der Waals surface area contributed by atoms with Crippen molar-refractivity contribution in [3.05, 3.63) is 0 Å². The van der Waals surface area contributed by atoms with Crippen molar-refractivity contribution in [2.75, 3.05) is 19.6 Å². The largest absolute Gasteiger partial charge is 0.368 e. The Morgan fingerprint density at radius 3 is 2.83 bits per heavy atom. The first kappa shape index (κ1) is 8.01. The summed E-state index contributed by atoms with van der Waals surface area (Å²) in [6.45, 7) is 2.68. The minimum atomic E-state index is -0.186. The van der Waals surface area contributed by atoms with Crippen molar-refractivity contribution in [3.8, 4) is 0 Å². The van der Waals surface area contributed by atoms with Gasteiger partial charge < -0.3 is 11.1 Å². The van der Waals surface area contributed by atoms with Crippen molar-refractivity contribution in [1.82, 2.24) is 10.2 Å². The Morgan fingerprint density at radius 1 is 1.50 bits per heavy atom. The Balaban J connectivity index is 2.00. The summed E-state index contributed by atoms with van der Waals surface area (Å²) in [7, 11) is 0. The van der Waals surface area contributed by atoms with Gasteiger partial charge in [0.05, 0.1) is 0 Å². The molecule has 0 aromatic carbocycles. The maximum Gasteiger partial charge on any atom is 0.236 e. The van der Waals surface area contributed by atoms with Crippen LogP contribution in [0, 0.1) is 0 Å². The molecule has 0 bridgehead atoms. The van der Waals surface area contributed by atoms with Gasteiger partial charge in [-0.3, -0.25) is 9.69 Å². The number of hydrogen-bond donors (Lipinski definition) is 2. The lowest BCUT2D eigenvalue weighted by molar-refractivity contribution is -0.124. The van der Waals surface area contributed by atoms with Crippen molar-refractivity contribution >= 4 is 5.91 Å². The standard InChI is InChI=1S/C8H15N3O/c9-8(12)7-5-10-3-4-11(7)6-1-2-6/h6-7,10H,1-5H2,(H2,9,12)/t7-/m1/s1. The van der Waals surface area contributed by atoms with Gasteiger partial charge in [-0.1, -0.05) is 0 Å². The molecule has 0 unspecified atom stereocenters. The number of nitrogens with two attached hydrogens (primary N) is 1. The van der Waals surface area contributed by atoms with Crippen LogP contribution in [0.15, 0.2) is 0 Å². The molecule has 3 N–H and O–H groups in total. The molecule has 1 saturated carbocycles. The summed E-state index contributed by atoms with van der Waals surface area (Å²) in [5.74, 6) is -0.186. The summed E-state index contributed by atoms with van der Waals surface area (Å²) in [4.78, 5) is 13.3. The van der Waals surface area contributed by atoms with Gasteiger partial charge in [0.2, 0.25) is 5.91 Å². The van der Waals surface area contributed by atoms with E-state index in [4.69, 9.17) is 5.73 Å². The Labute approximate surface area is 72.1 Å². The molecule has 1 aliphatic carbocycles. The number of carbonyl (C=O) groups excluding carboxylic acids is 1. The fraction of sp³-hybridized carbons (Fsp3) is 0.875. The summed E-state index contributed by atoms with van der Waals surface area (Å²) >= 11 is 0. The first-order valence-corrected chi connectivity index (χ1v) is 4.55. The quantitative estimate of drug-likeness (QED) is 0.552. The van der Waals surface area contributed by atoms with Crippen LogP contribution in [0.4, 0.5) is 0 Å². The van der Waals surface area contributed by atoms with E-state index in [1.807, 2.05) is 0 Å². The van der Waals surface area contributed by atoms with Crippen LogP contribution in [0.1, 0.15) is 12.8 Å². The SMILES string of the molecule is NC(=O)[C@H]1CNCCN1C1CC1. The minimum Gasteiger partial charge on any atom is -0.368 e. The molecule has 1 heterocycles. The smallest absolute Gasteiger partial charge is 0.236 e. The van der Waals surface area contributed by atoms with Crippen LogP contribution in [0.3, 0.4) is 0 Å². The average molecular weight is 169 g/mol. The molecule has 4 heteroatoms. The Kier molecular flexibility index (Phi) is 2.02. The molecular weight excluding hydrogens is 154 g/mol.